The molecule has 0 unspecified atom stereocenters. The zero-order valence-electron chi connectivity index (χ0n) is 20.0. The van der Waals surface area contributed by atoms with Crippen LogP contribution in [0.4, 0.5) is 15.0 Å². The molecule has 3 N–H and O–H groups in total. The van der Waals surface area contributed by atoms with Crippen molar-refractivity contribution in [1.82, 2.24) is 9.88 Å². The first-order valence-corrected chi connectivity index (χ1v) is 11.8. The maximum absolute atomic E-state index is 13.9. The summed E-state index contributed by atoms with van der Waals surface area (Å²) < 4.78 is 25.2. The smallest absolute Gasteiger partial charge is 0.410 e. The summed E-state index contributed by atoms with van der Waals surface area (Å²) in [6, 6.07) is 4.15. The second-order valence-electron chi connectivity index (χ2n) is 9.37. The zero-order valence-corrected chi connectivity index (χ0v) is 21.5. The normalized spacial score (nSPS) is 16.2. The maximum atomic E-state index is 13.9. The molecule has 10 heteroatoms. The largest absolute Gasteiger partial charge is 0.482 e. The van der Waals surface area contributed by atoms with Crippen molar-refractivity contribution >= 4 is 35.1 Å². The first-order valence-electron chi connectivity index (χ1n) is 11.1. The summed E-state index contributed by atoms with van der Waals surface area (Å²) in [5, 5.41) is 11.0. The molecular formula is C25H28Cl2FN3O4. The third-order valence-electron chi connectivity index (χ3n) is 5.35. The molecule has 188 valence electrons. The van der Waals surface area contributed by atoms with Crippen LogP contribution in [0.2, 0.25) is 10.0 Å². The molecule has 0 bridgehead atoms. The molecule has 1 aliphatic heterocycles. The van der Waals surface area contributed by atoms with Crippen molar-refractivity contribution in [3.63, 3.8) is 0 Å². The van der Waals surface area contributed by atoms with Crippen molar-refractivity contribution in [3.8, 4) is 17.6 Å². The van der Waals surface area contributed by atoms with Gasteiger partial charge in [-0.2, -0.15) is 0 Å². The Bertz CT molecular complexity index is 1170. The molecule has 0 saturated carbocycles. The lowest BCUT2D eigenvalue weighted by Gasteiger charge is -2.35. The Morgan fingerprint density at radius 3 is 2.60 bits per heavy atom. The minimum atomic E-state index is -1.27. The average molecular weight is 524 g/mol. The molecule has 3 rings (SSSR count). The van der Waals surface area contributed by atoms with E-state index < -0.39 is 29.2 Å². The van der Waals surface area contributed by atoms with Gasteiger partial charge in [0, 0.05) is 54.3 Å². The fourth-order valence-corrected chi connectivity index (χ4v) is 4.16. The fourth-order valence-electron chi connectivity index (χ4n) is 3.48. The SMILES string of the molecule is C[C@@H](Oc1cc(C#CC2(O)CCN(C(=O)OC(C)(C)C)CC2)cnc1N)c1c(Cl)ccc(F)c1Cl. The summed E-state index contributed by atoms with van der Waals surface area (Å²) in [6.45, 7) is 7.71. The van der Waals surface area contributed by atoms with Crippen LogP contribution in [0.25, 0.3) is 0 Å². The predicted octanol–water partition coefficient (Wildman–Crippen LogP) is 5.36. The van der Waals surface area contributed by atoms with Crippen LogP contribution in [0.3, 0.4) is 0 Å². The van der Waals surface area contributed by atoms with Gasteiger partial charge < -0.3 is 25.2 Å². The number of halogens is 3. The number of nitrogen functional groups attached to an aromatic ring is 1. The summed E-state index contributed by atoms with van der Waals surface area (Å²) in [6.07, 6.45) is 0.877. The number of nitrogens with two attached hydrogens (primary N) is 1. The fraction of sp³-hybridized carbons (Fsp3) is 0.440. The van der Waals surface area contributed by atoms with Gasteiger partial charge in [-0.15, -0.1) is 0 Å². The van der Waals surface area contributed by atoms with Gasteiger partial charge in [0.2, 0.25) is 0 Å². The third kappa shape index (κ3) is 6.91. The number of aliphatic hydroxyl groups is 1. The molecule has 1 aromatic carbocycles. The molecule has 1 atom stereocenters. The zero-order chi connectivity index (χ0) is 26.0. The van der Waals surface area contributed by atoms with Gasteiger partial charge >= 0.3 is 6.09 Å². The van der Waals surface area contributed by atoms with E-state index in [9.17, 15) is 14.3 Å². The molecule has 2 heterocycles. The first-order chi connectivity index (χ1) is 16.3. The second-order valence-corrected chi connectivity index (χ2v) is 10.2. The predicted molar refractivity (Wildman–Crippen MR) is 133 cm³/mol. The van der Waals surface area contributed by atoms with Gasteiger partial charge in [0.25, 0.3) is 0 Å². The van der Waals surface area contributed by atoms with Crippen molar-refractivity contribution in [2.24, 2.45) is 0 Å². The summed E-state index contributed by atoms with van der Waals surface area (Å²) >= 11 is 12.3. The van der Waals surface area contributed by atoms with E-state index in [-0.39, 0.29) is 40.0 Å². The van der Waals surface area contributed by atoms with Crippen molar-refractivity contribution in [1.29, 1.82) is 0 Å². The Kier molecular flexibility index (Phi) is 8.05. The first kappa shape index (κ1) is 26.9. The minimum absolute atomic E-state index is 0.107. The van der Waals surface area contributed by atoms with E-state index in [1.807, 2.05) is 0 Å². The Morgan fingerprint density at radius 2 is 1.97 bits per heavy atom. The van der Waals surface area contributed by atoms with Gasteiger partial charge in [0.05, 0.1) is 5.02 Å². The summed E-state index contributed by atoms with van der Waals surface area (Å²) in [7, 11) is 0. The van der Waals surface area contributed by atoms with Crippen LogP contribution < -0.4 is 10.5 Å². The third-order valence-corrected chi connectivity index (χ3v) is 6.07. The highest BCUT2D eigenvalue weighted by molar-refractivity contribution is 6.36. The van der Waals surface area contributed by atoms with Gasteiger partial charge in [-0.05, 0) is 39.8 Å². The average Bonchev–Trinajstić information content (AvgIpc) is 2.76. The highest BCUT2D eigenvalue weighted by atomic mass is 35.5. The molecule has 2 aromatic rings. The van der Waals surface area contributed by atoms with Crippen molar-refractivity contribution < 1.29 is 23.8 Å². The van der Waals surface area contributed by atoms with E-state index >= 15 is 0 Å². The molecular weight excluding hydrogens is 496 g/mol. The molecule has 0 aliphatic carbocycles. The number of hydrogen-bond acceptors (Lipinski definition) is 6. The molecule has 7 nitrogen and oxygen atoms in total. The minimum Gasteiger partial charge on any atom is -0.482 e. The van der Waals surface area contributed by atoms with E-state index in [1.165, 1.54) is 18.3 Å². The monoisotopic (exact) mass is 523 g/mol. The van der Waals surface area contributed by atoms with Crippen LogP contribution >= 0.6 is 23.2 Å². The number of ether oxygens (including phenoxy) is 2. The Balaban J connectivity index is 1.71. The van der Waals surface area contributed by atoms with E-state index in [0.29, 0.717) is 18.7 Å². The lowest BCUT2D eigenvalue weighted by molar-refractivity contribution is -0.00514. The summed E-state index contributed by atoms with van der Waals surface area (Å²) in [5.41, 5.74) is 4.84. The molecule has 0 radical (unpaired) electrons. The number of aromatic nitrogens is 1. The number of likely N-dealkylation sites (tertiary alicyclic amines) is 1. The molecule has 0 spiro atoms. The maximum Gasteiger partial charge on any atom is 0.410 e. The number of rotatable bonds is 3. The number of carbonyl (C=O) groups excluding carboxylic acids is 1. The van der Waals surface area contributed by atoms with E-state index in [2.05, 4.69) is 16.8 Å². The highest BCUT2D eigenvalue weighted by Crippen LogP contribution is 2.36. The lowest BCUT2D eigenvalue weighted by atomic mass is 9.92. The van der Waals surface area contributed by atoms with Crippen molar-refractivity contribution in [2.45, 2.75) is 57.8 Å². The molecule has 1 amide bonds. The van der Waals surface area contributed by atoms with Crippen LogP contribution in [0.5, 0.6) is 5.75 Å². The number of hydrogen-bond donors (Lipinski definition) is 2. The van der Waals surface area contributed by atoms with Crippen LogP contribution in [0.15, 0.2) is 24.4 Å². The van der Waals surface area contributed by atoms with Crippen LogP contribution in [-0.2, 0) is 4.74 Å². The van der Waals surface area contributed by atoms with E-state index in [1.54, 1.807) is 38.7 Å². The van der Waals surface area contributed by atoms with Gasteiger partial charge in [0.1, 0.15) is 23.1 Å². The van der Waals surface area contributed by atoms with Gasteiger partial charge in [-0.3, -0.25) is 0 Å². The van der Waals surface area contributed by atoms with Crippen LogP contribution in [0.1, 0.15) is 57.8 Å². The summed E-state index contributed by atoms with van der Waals surface area (Å²) in [5.74, 6) is 5.49. The Labute approximate surface area is 214 Å². The van der Waals surface area contributed by atoms with E-state index in [0.717, 1.165) is 0 Å². The number of pyridine rings is 1. The van der Waals surface area contributed by atoms with Crippen LogP contribution in [0, 0.1) is 17.7 Å². The molecule has 35 heavy (non-hydrogen) atoms. The summed E-state index contributed by atoms with van der Waals surface area (Å²) in [4.78, 5) is 17.9. The number of piperidine rings is 1. The number of nitrogens with zero attached hydrogens (tertiary/aromatic N) is 2. The van der Waals surface area contributed by atoms with Crippen molar-refractivity contribution in [3.05, 3.63) is 51.4 Å². The quantitative estimate of drug-likeness (QED) is 0.414. The van der Waals surface area contributed by atoms with Crippen LogP contribution in [-0.4, -0.2) is 45.4 Å². The molecule has 1 fully saturated rings. The standard InChI is InChI=1S/C25H28Cl2FN3O4/c1-15(20-17(26)5-6-18(28)21(20)27)34-19-13-16(14-30-22(19)29)7-8-25(33)9-11-31(12-10-25)23(32)35-24(2,3)4/h5-6,13-15,33H,9-12H2,1-4H3,(H2,29,30)/t15-/m1/s1. The van der Waals surface area contributed by atoms with E-state index in [4.69, 9.17) is 38.4 Å². The highest BCUT2D eigenvalue weighted by Gasteiger charge is 2.34. The number of amides is 1. The molecule has 1 aromatic heterocycles. The number of benzene rings is 1. The molecule has 1 aliphatic rings. The molecule has 1 saturated heterocycles. The Hall–Kier alpha value is -2.73. The topological polar surface area (TPSA) is 97.9 Å². The van der Waals surface area contributed by atoms with Gasteiger partial charge in [-0.25, -0.2) is 14.2 Å². The van der Waals surface area contributed by atoms with Gasteiger partial charge in [-0.1, -0.05) is 35.0 Å². The van der Waals surface area contributed by atoms with Crippen molar-refractivity contribution in [2.75, 3.05) is 18.8 Å². The van der Waals surface area contributed by atoms with Gasteiger partial charge in [0.15, 0.2) is 11.6 Å². The lowest BCUT2D eigenvalue weighted by Crippen LogP contribution is -2.47. The number of anilines is 1. The Morgan fingerprint density at radius 1 is 1.31 bits per heavy atom. The number of carbonyl (C=O) groups is 1. The second kappa shape index (κ2) is 10.5.